The molecule has 1 atom stereocenters. The van der Waals surface area contributed by atoms with E-state index in [1.807, 2.05) is 6.07 Å². The summed E-state index contributed by atoms with van der Waals surface area (Å²) in [5, 5.41) is 2.44. The van der Waals surface area contributed by atoms with Gasteiger partial charge in [-0.1, -0.05) is 18.2 Å². The Labute approximate surface area is 143 Å². The minimum absolute atomic E-state index is 0.00785. The van der Waals surface area contributed by atoms with Crippen molar-refractivity contribution >= 4 is 11.9 Å². The molecule has 2 aromatic rings. The Morgan fingerprint density at radius 2 is 1.84 bits per heavy atom. The molecule has 1 N–H and O–H groups in total. The van der Waals surface area contributed by atoms with Crippen molar-refractivity contribution in [2.45, 2.75) is 12.5 Å². The predicted octanol–water partition coefficient (Wildman–Crippen LogP) is 2.81. The predicted molar refractivity (Wildman–Crippen MR) is 85.9 cm³/mol. The number of imide groups is 1. The van der Waals surface area contributed by atoms with E-state index < -0.39 is 29.1 Å². The first-order valence-corrected chi connectivity index (χ1v) is 7.69. The number of hydrogen-bond donors (Lipinski definition) is 1. The fourth-order valence-electron chi connectivity index (χ4n) is 2.73. The molecule has 1 unspecified atom stereocenters. The zero-order valence-corrected chi connectivity index (χ0v) is 13.5. The highest BCUT2D eigenvalue weighted by Gasteiger charge is 2.50. The Morgan fingerprint density at radius 1 is 1.12 bits per heavy atom. The van der Waals surface area contributed by atoms with Crippen LogP contribution in [0.3, 0.4) is 0 Å². The molecule has 3 rings (SSSR count). The van der Waals surface area contributed by atoms with Gasteiger partial charge >= 0.3 is 6.03 Å². The average molecular weight is 346 g/mol. The standard InChI is InChI=1S/C18H16F2N2O3/c1-18(14-11-12(19)7-8-15(14)20)16(23)22(17(24)21-18)9-10-25-13-5-3-2-4-6-13/h2-8,11H,9-10H2,1H3,(H,21,24). The van der Waals surface area contributed by atoms with E-state index >= 15 is 0 Å². The van der Waals surface area contributed by atoms with Gasteiger partial charge in [0, 0.05) is 5.56 Å². The molecule has 5 nitrogen and oxygen atoms in total. The van der Waals surface area contributed by atoms with Crippen LogP contribution in [0.25, 0.3) is 0 Å². The van der Waals surface area contributed by atoms with Gasteiger partial charge < -0.3 is 10.1 Å². The van der Waals surface area contributed by atoms with Crippen molar-refractivity contribution in [3.05, 3.63) is 65.7 Å². The Balaban J connectivity index is 1.74. The lowest BCUT2D eigenvalue weighted by molar-refractivity contribution is -0.131. The molecule has 0 aromatic heterocycles. The molecule has 1 aliphatic heterocycles. The Morgan fingerprint density at radius 3 is 2.56 bits per heavy atom. The minimum atomic E-state index is -1.66. The Hall–Kier alpha value is -2.96. The van der Waals surface area contributed by atoms with Gasteiger partial charge in [-0.15, -0.1) is 0 Å². The van der Waals surface area contributed by atoms with E-state index in [2.05, 4.69) is 5.32 Å². The molecule has 0 saturated carbocycles. The Bertz CT molecular complexity index is 813. The number of benzene rings is 2. The highest BCUT2D eigenvalue weighted by Crippen LogP contribution is 2.31. The third-order valence-electron chi connectivity index (χ3n) is 4.07. The fourth-order valence-corrected chi connectivity index (χ4v) is 2.73. The van der Waals surface area contributed by atoms with Crippen molar-refractivity contribution in [1.29, 1.82) is 0 Å². The highest BCUT2D eigenvalue weighted by molar-refractivity contribution is 6.07. The van der Waals surface area contributed by atoms with Gasteiger partial charge in [0.05, 0.1) is 6.54 Å². The molecule has 1 aliphatic rings. The quantitative estimate of drug-likeness (QED) is 0.847. The molecule has 0 spiro atoms. The van der Waals surface area contributed by atoms with Gasteiger partial charge in [-0.2, -0.15) is 0 Å². The summed E-state index contributed by atoms with van der Waals surface area (Å²) < 4.78 is 33.0. The van der Waals surface area contributed by atoms with E-state index in [1.54, 1.807) is 24.3 Å². The summed E-state index contributed by atoms with van der Waals surface area (Å²) in [6, 6.07) is 11.1. The van der Waals surface area contributed by atoms with Gasteiger partial charge in [-0.25, -0.2) is 13.6 Å². The van der Waals surface area contributed by atoms with Crippen molar-refractivity contribution < 1.29 is 23.1 Å². The normalized spacial score (nSPS) is 19.9. The molecule has 1 fully saturated rings. The van der Waals surface area contributed by atoms with Crippen LogP contribution in [0.1, 0.15) is 12.5 Å². The number of amides is 3. The Kier molecular flexibility index (Phi) is 4.39. The zero-order chi connectivity index (χ0) is 18.0. The maximum Gasteiger partial charge on any atom is 0.325 e. The summed E-state index contributed by atoms with van der Waals surface area (Å²) in [5.74, 6) is -1.50. The molecule has 3 amide bonds. The maximum absolute atomic E-state index is 14.1. The van der Waals surface area contributed by atoms with Gasteiger partial charge in [0.1, 0.15) is 29.5 Å². The molecule has 0 aliphatic carbocycles. The molecule has 0 bridgehead atoms. The van der Waals surface area contributed by atoms with E-state index in [4.69, 9.17) is 4.74 Å². The molecule has 1 heterocycles. The van der Waals surface area contributed by atoms with E-state index in [9.17, 15) is 18.4 Å². The van der Waals surface area contributed by atoms with Crippen LogP contribution in [0.15, 0.2) is 48.5 Å². The zero-order valence-electron chi connectivity index (χ0n) is 13.5. The van der Waals surface area contributed by atoms with Gasteiger partial charge in [-0.3, -0.25) is 9.69 Å². The van der Waals surface area contributed by atoms with Crippen molar-refractivity contribution in [2.75, 3.05) is 13.2 Å². The third kappa shape index (κ3) is 3.17. The van der Waals surface area contributed by atoms with Gasteiger partial charge in [0.2, 0.25) is 0 Å². The summed E-state index contributed by atoms with van der Waals surface area (Å²) in [6.45, 7) is 1.43. The van der Waals surface area contributed by atoms with Crippen LogP contribution in [-0.4, -0.2) is 30.0 Å². The molecule has 0 radical (unpaired) electrons. The number of carbonyl (C=O) groups is 2. The number of carbonyl (C=O) groups excluding carboxylic acids is 2. The van der Waals surface area contributed by atoms with E-state index in [-0.39, 0.29) is 18.7 Å². The second kappa shape index (κ2) is 6.51. The topological polar surface area (TPSA) is 58.6 Å². The molecule has 130 valence electrons. The summed E-state index contributed by atoms with van der Waals surface area (Å²) in [4.78, 5) is 25.7. The van der Waals surface area contributed by atoms with Crippen LogP contribution < -0.4 is 10.1 Å². The average Bonchev–Trinajstić information content (AvgIpc) is 2.82. The molecular weight excluding hydrogens is 330 g/mol. The van der Waals surface area contributed by atoms with Crippen LogP contribution in [0.2, 0.25) is 0 Å². The highest BCUT2D eigenvalue weighted by atomic mass is 19.1. The number of hydrogen-bond acceptors (Lipinski definition) is 3. The number of urea groups is 1. The lowest BCUT2D eigenvalue weighted by Crippen LogP contribution is -2.42. The van der Waals surface area contributed by atoms with Gasteiger partial charge in [0.25, 0.3) is 5.91 Å². The number of halogens is 2. The van der Waals surface area contributed by atoms with Gasteiger partial charge in [0.15, 0.2) is 0 Å². The number of ether oxygens (including phenoxy) is 1. The van der Waals surface area contributed by atoms with Crippen LogP contribution in [0, 0.1) is 11.6 Å². The van der Waals surface area contributed by atoms with Gasteiger partial charge in [-0.05, 0) is 37.3 Å². The lowest BCUT2D eigenvalue weighted by Gasteiger charge is -2.22. The number of nitrogens with one attached hydrogen (secondary N) is 1. The number of para-hydroxylation sites is 1. The van der Waals surface area contributed by atoms with Crippen molar-refractivity contribution in [3.8, 4) is 5.75 Å². The number of rotatable bonds is 5. The minimum Gasteiger partial charge on any atom is -0.492 e. The largest absolute Gasteiger partial charge is 0.492 e. The first-order valence-electron chi connectivity index (χ1n) is 7.69. The summed E-state index contributed by atoms with van der Waals surface area (Å²) in [6.07, 6.45) is 0. The molecule has 2 aromatic carbocycles. The molecule has 25 heavy (non-hydrogen) atoms. The molecule has 1 saturated heterocycles. The monoisotopic (exact) mass is 346 g/mol. The maximum atomic E-state index is 14.1. The lowest BCUT2D eigenvalue weighted by atomic mass is 9.91. The second-order valence-corrected chi connectivity index (χ2v) is 5.80. The van der Waals surface area contributed by atoms with E-state index in [1.165, 1.54) is 6.92 Å². The SMILES string of the molecule is CC1(c2cc(F)ccc2F)NC(=O)N(CCOc2ccccc2)C1=O. The second-order valence-electron chi connectivity index (χ2n) is 5.80. The van der Waals surface area contributed by atoms with Crippen LogP contribution in [-0.2, 0) is 10.3 Å². The van der Waals surface area contributed by atoms with E-state index in [0.717, 1.165) is 23.1 Å². The van der Waals surface area contributed by atoms with Crippen LogP contribution in [0.4, 0.5) is 13.6 Å². The van der Waals surface area contributed by atoms with Crippen LogP contribution >= 0.6 is 0 Å². The van der Waals surface area contributed by atoms with Crippen molar-refractivity contribution in [2.24, 2.45) is 0 Å². The van der Waals surface area contributed by atoms with Crippen LogP contribution in [0.5, 0.6) is 5.75 Å². The summed E-state index contributed by atoms with van der Waals surface area (Å²) in [7, 11) is 0. The number of nitrogens with zero attached hydrogens (tertiary/aromatic N) is 1. The fraction of sp³-hybridized carbons (Fsp3) is 0.222. The summed E-state index contributed by atoms with van der Waals surface area (Å²) in [5.41, 5.74) is -1.87. The molecule has 7 heteroatoms. The first kappa shape index (κ1) is 16.9. The van der Waals surface area contributed by atoms with Crippen molar-refractivity contribution in [3.63, 3.8) is 0 Å². The first-order chi connectivity index (χ1) is 11.9. The molecular formula is C18H16F2N2O3. The van der Waals surface area contributed by atoms with Crippen molar-refractivity contribution in [1.82, 2.24) is 10.2 Å². The summed E-state index contributed by atoms with van der Waals surface area (Å²) >= 11 is 0. The van der Waals surface area contributed by atoms with E-state index in [0.29, 0.717) is 5.75 Å². The third-order valence-corrected chi connectivity index (χ3v) is 4.07. The smallest absolute Gasteiger partial charge is 0.325 e.